The van der Waals surface area contributed by atoms with Crippen LogP contribution in [0.3, 0.4) is 0 Å². The minimum Gasteiger partial charge on any atom is -0.356 e. The van der Waals surface area contributed by atoms with Crippen molar-refractivity contribution in [1.82, 2.24) is 20.6 Å². The van der Waals surface area contributed by atoms with Crippen LogP contribution in [-0.2, 0) is 13.0 Å². The Morgan fingerprint density at radius 3 is 2.62 bits per heavy atom. The van der Waals surface area contributed by atoms with Gasteiger partial charge >= 0.3 is 0 Å². The molecule has 0 saturated heterocycles. The molecule has 3 aromatic rings. The predicted molar refractivity (Wildman–Crippen MR) is 119 cm³/mol. The highest BCUT2D eigenvalue weighted by Crippen LogP contribution is 2.11. The summed E-state index contributed by atoms with van der Waals surface area (Å²) in [6.07, 6.45) is 1.90. The number of hydrogen-bond acceptors (Lipinski definition) is 2. The molecule has 1 heterocycles. The molecule has 3 rings (SSSR count). The van der Waals surface area contributed by atoms with Crippen LogP contribution in [0.2, 0.25) is 0 Å². The van der Waals surface area contributed by atoms with Gasteiger partial charge in [0.1, 0.15) is 5.82 Å². The number of aromatic amines is 1. The molecule has 0 aliphatic carbocycles. The van der Waals surface area contributed by atoms with Gasteiger partial charge in [0.15, 0.2) is 5.96 Å². The van der Waals surface area contributed by atoms with Crippen LogP contribution < -0.4 is 10.6 Å². The van der Waals surface area contributed by atoms with E-state index in [1.165, 1.54) is 11.1 Å². The van der Waals surface area contributed by atoms with E-state index in [1.54, 1.807) is 7.05 Å². The Bertz CT molecular complexity index is 823. The molecule has 0 aliphatic rings. The van der Waals surface area contributed by atoms with Crippen LogP contribution in [0.1, 0.15) is 23.4 Å². The fraction of sp³-hybridized carbons (Fsp3) is 0.300. The van der Waals surface area contributed by atoms with Crippen LogP contribution in [0.4, 0.5) is 0 Å². The first kappa shape index (κ1) is 20.2. The summed E-state index contributed by atoms with van der Waals surface area (Å²) in [5, 5.41) is 6.72. The normalized spacial score (nSPS) is 11.2. The van der Waals surface area contributed by atoms with E-state index in [9.17, 15) is 0 Å². The summed E-state index contributed by atoms with van der Waals surface area (Å²) in [6, 6.07) is 16.5. The first-order valence-electron chi connectivity index (χ1n) is 8.69. The van der Waals surface area contributed by atoms with Gasteiger partial charge in [-0.05, 0) is 36.6 Å². The van der Waals surface area contributed by atoms with Crippen LogP contribution in [0, 0.1) is 6.92 Å². The number of aliphatic imine (C=N–C) groups is 1. The second-order valence-corrected chi connectivity index (χ2v) is 6.08. The van der Waals surface area contributed by atoms with Crippen molar-refractivity contribution >= 4 is 41.0 Å². The number of para-hydroxylation sites is 2. The van der Waals surface area contributed by atoms with Crippen molar-refractivity contribution in [3.8, 4) is 0 Å². The lowest BCUT2D eigenvalue weighted by molar-refractivity contribution is 0.725. The third kappa shape index (κ3) is 5.45. The summed E-state index contributed by atoms with van der Waals surface area (Å²) in [4.78, 5) is 12.3. The van der Waals surface area contributed by atoms with E-state index in [4.69, 9.17) is 0 Å². The first-order valence-corrected chi connectivity index (χ1v) is 8.69. The zero-order valence-corrected chi connectivity index (χ0v) is 17.6. The maximum Gasteiger partial charge on any atom is 0.191 e. The number of imidazole rings is 1. The molecule has 0 spiro atoms. The van der Waals surface area contributed by atoms with Gasteiger partial charge in [-0.25, -0.2) is 4.98 Å². The van der Waals surface area contributed by atoms with E-state index in [2.05, 4.69) is 62.8 Å². The molecular weight excluding hydrogens is 437 g/mol. The van der Waals surface area contributed by atoms with Crippen molar-refractivity contribution in [1.29, 1.82) is 0 Å². The molecule has 0 atom stereocenters. The van der Waals surface area contributed by atoms with E-state index < -0.39 is 0 Å². The van der Waals surface area contributed by atoms with Gasteiger partial charge < -0.3 is 15.6 Å². The summed E-state index contributed by atoms with van der Waals surface area (Å²) < 4.78 is 0. The Hall–Kier alpha value is -2.09. The average molecular weight is 463 g/mol. The lowest BCUT2D eigenvalue weighted by Crippen LogP contribution is -2.37. The topological polar surface area (TPSA) is 65.1 Å². The number of aryl methyl sites for hydroxylation is 2. The molecule has 138 valence electrons. The molecule has 0 aliphatic heterocycles. The number of nitrogens with zero attached hydrogens (tertiary/aromatic N) is 2. The summed E-state index contributed by atoms with van der Waals surface area (Å²) >= 11 is 0. The monoisotopic (exact) mass is 463 g/mol. The molecule has 3 N–H and O–H groups in total. The standard InChI is InChI=1S/C20H25N5.HI/c1-15-8-3-4-9-16(15)14-23-20(21-2)22-13-7-12-19-24-17-10-5-6-11-18(17)25-19;/h3-6,8-11H,7,12-14H2,1-2H3,(H,24,25)(H2,21,22,23);1H. The SMILES string of the molecule is CN=C(NCCCc1nc2ccccc2[nH]1)NCc1ccccc1C.I. The number of benzene rings is 2. The summed E-state index contributed by atoms with van der Waals surface area (Å²) in [5.74, 6) is 1.86. The Morgan fingerprint density at radius 1 is 1.08 bits per heavy atom. The van der Waals surface area contributed by atoms with Gasteiger partial charge in [0.05, 0.1) is 11.0 Å². The molecule has 0 fully saturated rings. The summed E-state index contributed by atoms with van der Waals surface area (Å²) in [5.41, 5.74) is 4.70. The number of hydrogen-bond donors (Lipinski definition) is 3. The minimum absolute atomic E-state index is 0. The van der Waals surface area contributed by atoms with Crippen molar-refractivity contribution in [2.75, 3.05) is 13.6 Å². The number of fused-ring (bicyclic) bond motifs is 1. The van der Waals surface area contributed by atoms with Crippen LogP contribution >= 0.6 is 24.0 Å². The fourth-order valence-electron chi connectivity index (χ4n) is 2.79. The van der Waals surface area contributed by atoms with Gasteiger partial charge in [-0.2, -0.15) is 0 Å². The maximum absolute atomic E-state index is 4.61. The molecule has 26 heavy (non-hydrogen) atoms. The third-order valence-electron chi connectivity index (χ3n) is 4.25. The van der Waals surface area contributed by atoms with Crippen LogP contribution in [0.5, 0.6) is 0 Å². The average Bonchev–Trinajstić information content (AvgIpc) is 3.05. The molecule has 6 heteroatoms. The lowest BCUT2D eigenvalue weighted by Gasteiger charge is -2.12. The van der Waals surface area contributed by atoms with Crippen molar-refractivity contribution in [3.63, 3.8) is 0 Å². The number of aromatic nitrogens is 2. The van der Waals surface area contributed by atoms with Gasteiger partial charge in [0, 0.05) is 26.6 Å². The van der Waals surface area contributed by atoms with E-state index in [1.807, 2.05) is 18.2 Å². The maximum atomic E-state index is 4.61. The molecule has 0 amide bonds. The quantitative estimate of drug-likeness (QED) is 0.226. The van der Waals surface area contributed by atoms with Gasteiger partial charge in [-0.1, -0.05) is 36.4 Å². The van der Waals surface area contributed by atoms with Crippen molar-refractivity contribution in [2.45, 2.75) is 26.3 Å². The van der Waals surface area contributed by atoms with E-state index in [0.717, 1.165) is 48.7 Å². The van der Waals surface area contributed by atoms with Gasteiger partial charge in [-0.3, -0.25) is 4.99 Å². The molecule has 0 unspecified atom stereocenters. The molecule has 0 radical (unpaired) electrons. The number of H-pyrrole nitrogens is 1. The van der Waals surface area contributed by atoms with Crippen molar-refractivity contribution in [2.24, 2.45) is 4.99 Å². The number of halogens is 1. The lowest BCUT2D eigenvalue weighted by atomic mass is 10.1. The molecule has 0 saturated carbocycles. The Kier molecular flexibility index (Phi) is 7.90. The van der Waals surface area contributed by atoms with Gasteiger partial charge in [0.25, 0.3) is 0 Å². The van der Waals surface area contributed by atoms with Gasteiger partial charge in [0.2, 0.25) is 0 Å². The molecule has 5 nitrogen and oxygen atoms in total. The summed E-state index contributed by atoms with van der Waals surface area (Å²) in [6.45, 7) is 3.75. The zero-order chi connectivity index (χ0) is 17.5. The highest BCUT2D eigenvalue weighted by atomic mass is 127. The molecule has 0 bridgehead atoms. The van der Waals surface area contributed by atoms with E-state index >= 15 is 0 Å². The van der Waals surface area contributed by atoms with E-state index in [0.29, 0.717) is 0 Å². The molecule has 2 aromatic carbocycles. The van der Waals surface area contributed by atoms with Crippen molar-refractivity contribution in [3.05, 3.63) is 65.5 Å². The highest BCUT2D eigenvalue weighted by molar-refractivity contribution is 14.0. The van der Waals surface area contributed by atoms with Crippen LogP contribution in [0.25, 0.3) is 11.0 Å². The van der Waals surface area contributed by atoms with Gasteiger partial charge in [-0.15, -0.1) is 24.0 Å². The Morgan fingerprint density at radius 2 is 1.85 bits per heavy atom. The largest absolute Gasteiger partial charge is 0.356 e. The Labute approximate surface area is 171 Å². The predicted octanol–water partition coefficient (Wildman–Crippen LogP) is 3.79. The Balaban J connectivity index is 0.00000243. The van der Waals surface area contributed by atoms with Crippen molar-refractivity contribution < 1.29 is 0 Å². The smallest absolute Gasteiger partial charge is 0.191 e. The van der Waals surface area contributed by atoms with Crippen LogP contribution in [0.15, 0.2) is 53.5 Å². The third-order valence-corrected chi connectivity index (χ3v) is 4.25. The minimum atomic E-state index is 0. The van der Waals surface area contributed by atoms with E-state index in [-0.39, 0.29) is 24.0 Å². The number of nitrogens with one attached hydrogen (secondary N) is 3. The fourth-order valence-corrected chi connectivity index (χ4v) is 2.79. The zero-order valence-electron chi connectivity index (χ0n) is 15.2. The second kappa shape index (κ2) is 10.2. The molecular formula is C20H26IN5. The highest BCUT2D eigenvalue weighted by Gasteiger charge is 2.03. The second-order valence-electron chi connectivity index (χ2n) is 6.08. The van der Waals surface area contributed by atoms with Crippen LogP contribution in [-0.4, -0.2) is 29.5 Å². The summed E-state index contributed by atoms with van der Waals surface area (Å²) in [7, 11) is 1.80. The number of guanidine groups is 1. The first-order chi connectivity index (χ1) is 12.3. The number of rotatable bonds is 6. The molecule has 1 aromatic heterocycles.